The molecule has 30 heavy (non-hydrogen) atoms. The number of unbranched alkanes of at least 4 members (excludes halogenated alkanes) is 1. The molecule has 7 heteroatoms. The fourth-order valence-corrected chi connectivity index (χ4v) is 4.76. The number of ketones is 1. The molecule has 1 aliphatic carbocycles. The van der Waals surface area contributed by atoms with Gasteiger partial charge in [-0.1, -0.05) is 42.5 Å². The molecule has 3 rings (SSSR count). The molecule has 0 spiro atoms. The summed E-state index contributed by atoms with van der Waals surface area (Å²) in [5.74, 6) is -6.62. The third-order valence-corrected chi connectivity index (χ3v) is 6.49. The van der Waals surface area contributed by atoms with E-state index >= 15 is 0 Å². The van der Waals surface area contributed by atoms with Gasteiger partial charge < -0.3 is 10.2 Å². The Balaban J connectivity index is 1.66. The Morgan fingerprint density at radius 2 is 2.07 bits per heavy atom. The summed E-state index contributed by atoms with van der Waals surface area (Å²) < 4.78 is 29.8. The first-order chi connectivity index (χ1) is 14.3. The highest BCUT2D eigenvalue weighted by atomic mass is 32.1. The van der Waals surface area contributed by atoms with Crippen molar-refractivity contribution in [2.45, 2.75) is 44.1 Å². The number of benzene rings is 1. The molecule has 2 aromatic rings. The number of carbonyl (C=O) groups excluding carboxylic acids is 1. The highest BCUT2D eigenvalue weighted by molar-refractivity contribution is 7.19. The van der Waals surface area contributed by atoms with E-state index in [1.807, 2.05) is 30.3 Å². The number of allylic oxidation sites excluding steroid dienone is 3. The predicted molar refractivity (Wildman–Crippen MR) is 113 cm³/mol. The molecule has 0 amide bonds. The Kier molecular flexibility index (Phi) is 7.15. The van der Waals surface area contributed by atoms with Crippen LogP contribution in [0.4, 0.5) is 8.78 Å². The average Bonchev–Trinajstić information content (AvgIpc) is 3.20. The molecule has 1 saturated carbocycles. The van der Waals surface area contributed by atoms with Crippen LogP contribution < -0.4 is 0 Å². The summed E-state index contributed by atoms with van der Waals surface area (Å²) in [4.78, 5) is 23.3. The molecule has 160 valence electrons. The topological polar surface area (TPSA) is 74.6 Å². The van der Waals surface area contributed by atoms with E-state index in [0.29, 0.717) is 17.7 Å². The smallest absolute Gasteiger partial charge is 0.303 e. The maximum atomic E-state index is 14.4. The van der Waals surface area contributed by atoms with Crippen LogP contribution in [-0.4, -0.2) is 27.9 Å². The number of carbonyl (C=O) groups is 2. The normalized spacial score (nSPS) is 22.4. The molecule has 0 bridgehead atoms. The summed E-state index contributed by atoms with van der Waals surface area (Å²) in [6, 6.07) is 9.49. The standard InChI is InChI=1S/C23H24F2O4S/c24-23(25)14-19(27)16(8-3-1-2-4-10-22(28)29)17(23)11-12-18(26)21-13-15-7-5-6-9-20(15)30-21/h1,3,5-7,9,11-13,16-18,26H,2,4,8,10,14H2,(H,28,29)/t16-,17-,18-/m1/s1. The molecule has 4 nitrogen and oxygen atoms in total. The first kappa shape index (κ1) is 22.3. The van der Waals surface area contributed by atoms with Gasteiger partial charge in [-0.3, -0.25) is 9.59 Å². The van der Waals surface area contributed by atoms with E-state index < -0.39 is 42.0 Å². The van der Waals surface area contributed by atoms with Crippen molar-refractivity contribution in [1.29, 1.82) is 0 Å². The van der Waals surface area contributed by atoms with Gasteiger partial charge in [0.25, 0.3) is 5.92 Å². The minimum atomic E-state index is -3.14. The predicted octanol–water partition coefficient (Wildman–Crippen LogP) is 5.53. The Morgan fingerprint density at radius 3 is 2.80 bits per heavy atom. The van der Waals surface area contributed by atoms with Crippen molar-refractivity contribution in [1.82, 2.24) is 0 Å². The second kappa shape index (κ2) is 9.62. The number of halogens is 2. The molecule has 2 N–H and O–H groups in total. The fourth-order valence-electron chi connectivity index (χ4n) is 3.73. The van der Waals surface area contributed by atoms with Gasteiger partial charge in [0.15, 0.2) is 0 Å². The second-order valence-electron chi connectivity index (χ2n) is 7.55. The molecule has 1 aliphatic rings. The third kappa shape index (κ3) is 5.40. The van der Waals surface area contributed by atoms with Crippen LogP contribution >= 0.6 is 11.3 Å². The van der Waals surface area contributed by atoms with Gasteiger partial charge >= 0.3 is 5.97 Å². The monoisotopic (exact) mass is 434 g/mol. The van der Waals surface area contributed by atoms with Gasteiger partial charge in [0.2, 0.25) is 0 Å². The number of hydrogen-bond donors (Lipinski definition) is 2. The highest BCUT2D eigenvalue weighted by Gasteiger charge is 2.53. The first-order valence-corrected chi connectivity index (χ1v) is 10.7. The Bertz CT molecular complexity index is 930. The van der Waals surface area contributed by atoms with E-state index in [4.69, 9.17) is 5.11 Å². The number of rotatable bonds is 9. The summed E-state index contributed by atoms with van der Waals surface area (Å²) in [7, 11) is 0. The Hall–Kier alpha value is -2.38. The molecular formula is C23H24F2O4S. The van der Waals surface area contributed by atoms with E-state index in [1.165, 1.54) is 23.5 Å². The Labute approximate surface area is 177 Å². The van der Waals surface area contributed by atoms with Crippen molar-refractivity contribution in [2.75, 3.05) is 0 Å². The quantitative estimate of drug-likeness (QED) is 0.402. The number of carboxylic acid groups (broad SMARTS) is 1. The van der Waals surface area contributed by atoms with Crippen molar-refractivity contribution >= 4 is 33.2 Å². The van der Waals surface area contributed by atoms with Crippen LogP contribution in [0.3, 0.4) is 0 Å². The van der Waals surface area contributed by atoms with E-state index in [2.05, 4.69) is 0 Å². The zero-order valence-corrected chi connectivity index (χ0v) is 17.2. The van der Waals surface area contributed by atoms with Gasteiger partial charge in [-0.25, -0.2) is 8.78 Å². The lowest BCUT2D eigenvalue weighted by atomic mass is 9.90. The summed E-state index contributed by atoms with van der Waals surface area (Å²) in [5.41, 5.74) is 0. The van der Waals surface area contributed by atoms with Crippen LogP contribution in [0.2, 0.25) is 0 Å². The number of alkyl halides is 2. The minimum absolute atomic E-state index is 0.0474. The summed E-state index contributed by atoms with van der Waals surface area (Å²) in [6.45, 7) is 0. The number of carboxylic acids is 1. The molecule has 0 unspecified atom stereocenters. The second-order valence-corrected chi connectivity index (χ2v) is 8.66. The highest BCUT2D eigenvalue weighted by Crippen LogP contribution is 2.45. The van der Waals surface area contributed by atoms with Gasteiger partial charge in [-0.05, 0) is 36.8 Å². The van der Waals surface area contributed by atoms with Crippen LogP contribution in [0.5, 0.6) is 0 Å². The molecule has 3 atom stereocenters. The zero-order valence-electron chi connectivity index (χ0n) is 16.3. The van der Waals surface area contributed by atoms with Crippen molar-refractivity contribution in [2.24, 2.45) is 11.8 Å². The largest absolute Gasteiger partial charge is 0.481 e. The zero-order chi connectivity index (χ0) is 21.7. The molecule has 0 saturated heterocycles. The minimum Gasteiger partial charge on any atom is -0.481 e. The van der Waals surface area contributed by atoms with Crippen molar-refractivity contribution < 1.29 is 28.6 Å². The summed E-state index contributed by atoms with van der Waals surface area (Å²) in [6.07, 6.45) is 5.45. The van der Waals surface area contributed by atoms with E-state index in [-0.39, 0.29) is 12.8 Å². The van der Waals surface area contributed by atoms with Crippen LogP contribution in [0.1, 0.15) is 43.1 Å². The van der Waals surface area contributed by atoms with Gasteiger partial charge in [-0.15, -0.1) is 11.3 Å². The SMILES string of the molecule is O=C(O)CCCC=CC[C@H]1C(=O)CC(F)(F)[C@@H]1C=C[C@@H](O)c1cc2ccccc2s1. The summed E-state index contributed by atoms with van der Waals surface area (Å²) >= 11 is 1.40. The van der Waals surface area contributed by atoms with Crippen LogP contribution in [0, 0.1) is 11.8 Å². The number of Topliss-reactive ketones (excluding diaryl/α,β-unsaturated/α-hetero) is 1. The lowest BCUT2D eigenvalue weighted by Gasteiger charge is -2.19. The maximum absolute atomic E-state index is 14.4. The van der Waals surface area contributed by atoms with Crippen molar-refractivity contribution in [3.05, 3.63) is 59.5 Å². The van der Waals surface area contributed by atoms with Gasteiger partial charge in [0.05, 0.1) is 12.3 Å². The molecule has 1 aromatic carbocycles. The maximum Gasteiger partial charge on any atom is 0.303 e. The first-order valence-electron chi connectivity index (χ1n) is 9.90. The molecule has 1 aromatic heterocycles. The van der Waals surface area contributed by atoms with Crippen molar-refractivity contribution in [3.63, 3.8) is 0 Å². The van der Waals surface area contributed by atoms with Crippen molar-refractivity contribution in [3.8, 4) is 0 Å². The molecule has 1 fully saturated rings. The van der Waals surface area contributed by atoms with Crippen LogP contribution in [0.25, 0.3) is 10.1 Å². The van der Waals surface area contributed by atoms with E-state index in [9.17, 15) is 23.5 Å². The lowest BCUT2D eigenvalue weighted by Crippen LogP contribution is -2.24. The van der Waals surface area contributed by atoms with E-state index in [0.717, 1.165) is 10.1 Å². The molecule has 0 radical (unpaired) electrons. The van der Waals surface area contributed by atoms with Gasteiger partial charge in [-0.2, -0.15) is 0 Å². The van der Waals surface area contributed by atoms with Gasteiger partial charge in [0, 0.05) is 21.9 Å². The summed E-state index contributed by atoms with van der Waals surface area (Å²) in [5, 5.41) is 20.1. The van der Waals surface area contributed by atoms with E-state index in [1.54, 1.807) is 12.2 Å². The number of aliphatic hydroxyl groups is 1. The third-order valence-electron chi connectivity index (χ3n) is 5.30. The number of thiophene rings is 1. The molecule has 1 heterocycles. The fraction of sp³-hybridized carbons (Fsp3) is 0.391. The van der Waals surface area contributed by atoms with Crippen LogP contribution in [-0.2, 0) is 9.59 Å². The number of aliphatic hydroxyl groups excluding tert-OH is 1. The number of aliphatic carboxylic acids is 1. The van der Waals surface area contributed by atoms with Crippen LogP contribution in [0.15, 0.2) is 54.6 Å². The molecule has 0 aliphatic heterocycles. The average molecular weight is 435 g/mol. The lowest BCUT2D eigenvalue weighted by molar-refractivity contribution is -0.137. The molecular weight excluding hydrogens is 410 g/mol. The number of hydrogen-bond acceptors (Lipinski definition) is 4. The Morgan fingerprint density at radius 1 is 1.30 bits per heavy atom. The van der Waals surface area contributed by atoms with Gasteiger partial charge in [0.1, 0.15) is 11.9 Å². The number of fused-ring (bicyclic) bond motifs is 1.